The predicted octanol–water partition coefficient (Wildman–Crippen LogP) is 20.5. The van der Waals surface area contributed by atoms with Gasteiger partial charge in [0, 0.05) is 19.3 Å². The molecule has 6 nitrogen and oxygen atoms in total. The van der Waals surface area contributed by atoms with Gasteiger partial charge >= 0.3 is 17.9 Å². The fourth-order valence-corrected chi connectivity index (χ4v) is 8.53. The molecule has 0 aliphatic rings. The van der Waals surface area contributed by atoms with Crippen molar-refractivity contribution in [1.29, 1.82) is 0 Å². The number of ether oxygens (including phenoxy) is 3. The van der Waals surface area contributed by atoms with Gasteiger partial charge in [-0.3, -0.25) is 14.4 Å². The van der Waals surface area contributed by atoms with Gasteiger partial charge in [0.25, 0.3) is 0 Å². The van der Waals surface area contributed by atoms with Gasteiger partial charge in [0.1, 0.15) is 13.2 Å². The maximum absolute atomic E-state index is 12.9. The molecule has 0 spiro atoms. The van der Waals surface area contributed by atoms with Gasteiger partial charge in [-0.05, 0) is 116 Å². The first-order valence-corrected chi connectivity index (χ1v) is 30.4. The van der Waals surface area contributed by atoms with Crippen LogP contribution in [0.2, 0.25) is 0 Å². The molecule has 0 aromatic heterocycles. The van der Waals surface area contributed by atoms with Crippen LogP contribution in [-0.4, -0.2) is 37.2 Å². The lowest BCUT2D eigenvalue weighted by molar-refractivity contribution is -0.167. The standard InChI is InChI=1S/C65H114O6/c1-4-7-10-13-16-19-22-25-28-30-32-34-37-40-43-46-49-52-55-58-64(67)70-61-62(60-69-63(66)57-54-51-48-45-42-39-36-27-24-21-18-15-12-9-6-3)71-65(68)59-56-53-50-47-44-41-38-35-33-31-29-26-23-20-17-14-11-8-5-2/h16-21,25-29,36,62H,4-15,22-24,30-35,37-61H2,1-3H3/b19-16-,20-17-,21-18-,28-25-,29-26-,36-27-/t62-/m1/s1. The summed E-state index contributed by atoms with van der Waals surface area (Å²) in [4.78, 5) is 38.3. The third-order valence-electron chi connectivity index (χ3n) is 13.2. The van der Waals surface area contributed by atoms with Crippen LogP contribution < -0.4 is 0 Å². The van der Waals surface area contributed by atoms with Crippen LogP contribution in [0.5, 0.6) is 0 Å². The minimum atomic E-state index is -0.786. The Kier molecular flexibility index (Phi) is 56.8. The summed E-state index contributed by atoms with van der Waals surface area (Å²) in [5.74, 6) is -0.894. The Balaban J connectivity index is 4.39. The zero-order chi connectivity index (χ0) is 51.4. The summed E-state index contributed by atoms with van der Waals surface area (Å²) in [6.07, 6.45) is 76.0. The number of carbonyl (C=O) groups is 3. The Hall–Kier alpha value is -3.15. The van der Waals surface area contributed by atoms with E-state index in [0.717, 1.165) is 89.9 Å². The highest BCUT2D eigenvalue weighted by atomic mass is 16.6. The number of hydrogen-bond acceptors (Lipinski definition) is 6. The summed E-state index contributed by atoms with van der Waals surface area (Å²) in [6.45, 7) is 6.57. The summed E-state index contributed by atoms with van der Waals surface area (Å²) in [5, 5.41) is 0. The molecule has 1 atom stereocenters. The third kappa shape index (κ3) is 57.6. The largest absolute Gasteiger partial charge is 0.462 e. The molecule has 6 heteroatoms. The highest BCUT2D eigenvalue weighted by Crippen LogP contribution is 2.16. The molecule has 0 fully saturated rings. The van der Waals surface area contributed by atoms with Crippen molar-refractivity contribution in [2.75, 3.05) is 13.2 Å². The lowest BCUT2D eigenvalue weighted by Gasteiger charge is -2.18. The van der Waals surface area contributed by atoms with Crippen molar-refractivity contribution in [3.63, 3.8) is 0 Å². The topological polar surface area (TPSA) is 78.9 Å². The van der Waals surface area contributed by atoms with E-state index >= 15 is 0 Å². The van der Waals surface area contributed by atoms with E-state index in [0.29, 0.717) is 19.3 Å². The quantitative estimate of drug-likeness (QED) is 0.0261. The molecule has 0 saturated carbocycles. The highest BCUT2D eigenvalue weighted by molar-refractivity contribution is 5.71. The van der Waals surface area contributed by atoms with Crippen molar-refractivity contribution < 1.29 is 28.6 Å². The van der Waals surface area contributed by atoms with Crippen LogP contribution in [0.4, 0.5) is 0 Å². The zero-order valence-corrected chi connectivity index (χ0v) is 47.0. The second kappa shape index (κ2) is 59.4. The van der Waals surface area contributed by atoms with Gasteiger partial charge in [0.05, 0.1) is 0 Å². The van der Waals surface area contributed by atoms with E-state index in [-0.39, 0.29) is 31.1 Å². The van der Waals surface area contributed by atoms with Crippen LogP contribution >= 0.6 is 0 Å². The summed E-state index contributed by atoms with van der Waals surface area (Å²) in [7, 11) is 0. The molecular formula is C65H114O6. The molecule has 0 rings (SSSR count). The van der Waals surface area contributed by atoms with Crippen LogP contribution in [0.25, 0.3) is 0 Å². The minimum absolute atomic E-state index is 0.0830. The predicted molar refractivity (Wildman–Crippen MR) is 307 cm³/mol. The van der Waals surface area contributed by atoms with Crippen LogP contribution in [0.3, 0.4) is 0 Å². The first-order valence-electron chi connectivity index (χ1n) is 30.4. The van der Waals surface area contributed by atoms with Crippen molar-refractivity contribution in [3.05, 3.63) is 72.9 Å². The SMILES string of the molecule is CCCCC/C=C\C/C=C\CCCCCCCCCCCC(=O)OC[C@@H](COC(=O)CCCCCCC/C=C\C/C=C\CCCCC)OC(=O)CCCCCCCCCCC/C=C\C/C=C\CCCCC. The van der Waals surface area contributed by atoms with Gasteiger partial charge < -0.3 is 14.2 Å². The minimum Gasteiger partial charge on any atom is -0.462 e. The van der Waals surface area contributed by atoms with Crippen molar-refractivity contribution in [2.45, 2.75) is 309 Å². The molecule has 0 aliphatic carbocycles. The summed E-state index contributed by atoms with van der Waals surface area (Å²) < 4.78 is 16.9. The fraction of sp³-hybridized carbons (Fsp3) is 0.769. The summed E-state index contributed by atoms with van der Waals surface area (Å²) in [5.41, 5.74) is 0. The molecule has 0 heterocycles. The van der Waals surface area contributed by atoms with E-state index in [1.165, 1.54) is 173 Å². The number of carbonyl (C=O) groups excluding carboxylic acids is 3. The monoisotopic (exact) mass is 991 g/mol. The molecule has 0 saturated heterocycles. The molecule has 0 aliphatic heterocycles. The second-order valence-electron chi connectivity index (χ2n) is 20.2. The van der Waals surface area contributed by atoms with Crippen LogP contribution in [0, 0.1) is 0 Å². The number of unbranched alkanes of at least 4 members (excludes halogenated alkanes) is 32. The Morgan fingerprint density at radius 1 is 0.282 bits per heavy atom. The second-order valence-corrected chi connectivity index (χ2v) is 20.2. The van der Waals surface area contributed by atoms with Crippen LogP contribution in [0.15, 0.2) is 72.9 Å². The van der Waals surface area contributed by atoms with Gasteiger partial charge in [0.15, 0.2) is 6.10 Å². The Bertz CT molecular complexity index is 1320. The number of hydrogen-bond donors (Lipinski definition) is 0. The van der Waals surface area contributed by atoms with Gasteiger partial charge in [-0.15, -0.1) is 0 Å². The number of rotatable bonds is 55. The molecule has 0 radical (unpaired) electrons. The Labute approximate surface area is 440 Å². The van der Waals surface area contributed by atoms with Crippen molar-refractivity contribution in [2.24, 2.45) is 0 Å². The molecule has 0 amide bonds. The van der Waals surface area contributed by atoms with E-state index in [4.69, 9.17) is 14.2 Å². The van der Waals surface area contributed by atoms with E-state index in [1.807, 2.05) is 0 Å². The lowest BCUT2D eigenvalue weighted by Crippen LogP contribution is -2.30. The average Bonchev–Trinajstić information content (AvgIpc) is 3.37. The maximum atomic E-state index is 12.9. The zero-order valence-electron chi connectivity index (χ0n) is 47.0. The summed E-state index contributed by atoms with van der Waals surface area (Å²) in [6, 6.07) is 0. The molecule has 71 heavy (non-hydrogen) atoms. The van der Waals surface area contributed by atoms with Crippen LogP contribution in [0.1, 0.15) is 303 Å². The van der Waals surface area contributed by atoms with Gasteiger partial charge in [-0.2, -0.15) is 0 Å². The van der Waals surface area contributed by atoms with E-state index in [1.54, 1.807) is 0 Å². The Morgan fingerprint density at radius 3 is 0.775 bits per heavy atom. The molecule has 410 valence electrons. The van der Waals surface area contributed by atoms with E-state index < -0.39 is 6.10 Å². The smallest absolute Gasteiger partial charge is 0.306 e. The van der Waals surface area contributed by atoms with Crippen LogP contribution in [-0.2, 0) is 28.6 Å². The lowest BCUT2D eigenvalue weighted by atomic mass is 10.1. The molecule has 0 bridgehead atoms. The fourth-order valence-electron chi connectivity index (χ4n) is 8.53. The first kappa shape index (κ1) is 67.8. The Morgan fingerprint density at radius 2 is 0.507 bits per heavy atom. The number of allylic oxidation sites excluding steroid dienone is 12. The number of esters is 3. The maximum Gasteiger partial charge on any atom is 0.306 e. The normalized spacial score (nSPS) is 12.5. The van der Waals surface area contributed by atoms with Crippen molar-refractivity contribution in [1.82, 2.24) is 0 Å². The van der Waals surface area contributed by atoms with Gasteiger partial charge in [-0.25, -0.2) is 0 Å². The molecule has 0 N–H and O–H groups in total. The molecule has 0 aromatic carbocycles. The average molecular weight is 992 g/mol. The summed E-state index contributed by atoms with van der Waals surface area (Å²) >= 11 is 0. The van der Waals surface area contributed by atoms with Crippen molar-refractivity contribution in [3.8, 4) is 0 Å². The highest BCUT2D eigenvalue weighted by Gasteiger charge is 2.19. The van der Waals surface area contributed by atoms with Gasteiger partial charge in [0.2, 0.25) is 0 Å². The van der Waals surface area contributed by atoms with E-state index in [2.05, 4.69) is 93.7 Å². The van der Waals surface area contributed by atoms with E-state index in [9.17, 15) is 14.4 Å². The first-order chi connectivity index (χ1) is 35.0. The van der Waals surface area contributed by atoms with Gasteiger partial charge in [-0.1, -0.05) is 241 Å². The third-order valence-corrected chi connectivity index (χ3v) is 13.2. The molecule has 0 unspecified atom stereocenters. The molecule has 0 aromatic rings. The molecular weight excluding hydrogens is 877 g/mol. The van der Waals surface area contributed by atoms with Crippen molar-refractivity contribution >= 4 is 17.9 Å².